The second-order valence-corrected chi connectivity index (χ2v) is 4.93. The Hall–Kier alpha value is -0.960. The predicted molar refractivity (Wildman–Crippen MR) is 58.0 cm³/mol. The molecule has 2 fully saturated rings. The highest BCUT2D eigenvalue weighted by Crippen LogP contribution is 2.50. The van der Waals surface area contributed by atoms with Crippen LogP contribution in [0.2, 0.25) is 0 Å². The van der Waals surface area contributed by atoms with Gasteiger partial charge in [0, 0.05) is 11.6 Å². The van der Waals surface area contributed by atoms with Crippen molar-refractivity contribution in [1.82, 2.24) is 5.32 Å². The Morgan fingerprint density at radius 1 is 1.12 bits per heavy atom. The van der Waals surface area contributed by atoms with E-state index in [1.807, 2.05) is 0 Å². The first-order valence-electron chi connectivity index (χ1n) is 5.92. The van der Waals surface area contributed by atoms with Crippen molar-refractivity contribution in [2.45, 2.75) is 31.2 Å². The van der Waals surface area contributed by atoms with Crippen LogP contribution in [0, 0.1) is 17.6 Å². The number of nitrogens with one attached hydrogen (secondary N) is 1. The molecule has 1 unspecified atom stereocenters. The van der Waals surface area contributed by atoms with E-state index in [-0.39, 0.29) is 5.54 Å². The molecule has 0 radical (unpaired) electrons. The Morgan fingerprint density at radius 2 is 1.81 bits per heavy atom. The second kappa shape index (κ2) is 3.52. The van der Waals surface area contributed by atoms with Crippen LogP contribution in [0.4, 0.5) is 8.78 Å². The number of hydrogen-bond acceptors (Lipinski definition) is 1. The van der Waals surface area contributed by atoms with Gasteiger partial charge in [-0.2, -0.15) is 0 Å². The summed E-state index contributed by atoms with van der Waals surface area (Å²) in [4.78, 5) is 0. The summed E-state index contributed by atoms with van der Waals surface area (Å²) in [7, 11) is 0. The van der Waals surface area contributed by atoms with Gasteiger partial charge >= 0.3 is 0 Å². The van der Waals surface area contributed by atoms with E-state index >= 15 is 0 Å². The van der Waals surface area contributed by atoms with Gasteiger partial charge in [-0.05, 0) is 55.8 Å². The third-order valence-electron chi connectivity index (χ3n) is 3.84. The van der Waals surface area contributed by atoms with E-state index in [0.29, 0.717) is 5.92 Å². The van der Waals surface area contributed by atoms with Gasteiger partial charge < -0.3 is 5.32 Å². The van der Waals surface area contributed by atoms with Crippen LogP contribution >= 0.6 is 0 Å². The third-order valence-corrected chi connectivity index (χ3v) is 3.84. The Kier molecular flexibility index (Phi) is 2.25. The molecule has 0 spiro atoms. The zero-order valence-corrected chi connectivity index (χ0v) is 9.10. The lowest BCUT2D eigenvalue weighted by atomic mass is 9.83. The van der Waals surface area contributed by atoms with E-state index < -0.39 is 11.6 Å². The van der Waals surface area contributed by atoms with Crippen molar-refractivity contribution >= 4 is 0 Å². The first-order valence-corrected chi connectivity index (χ1v) is 5.92. The molecule has 86 valence electrons. The largest absolute Gasteiger partial charge is 0.307 e. The van der Waals surface area contributed by atoms with Crippen LogP contribution in [-0.2, 0) is 5.54 Å². The van der Waals surface area contributed by atoms with Crippen molar-refractivity contribution in [2.75, 3.05) is 6.54 Å². The van der Waals surface area contributed by atoms with Crippen molar-refractivity contribution in [1.29, 1.82) is 0 Å². The standard InChI is InChI=1S/C13H15F2N/c14-11-6-10(7-12(15)8-11)13(9-2-3-9)4-1-5-16-13/h6-9,16H,1-5H2. The molecule has 1 aromatic carbocycles. The van der Waals surface area contributed by atoms with Gasteiger partial charge in [-0.15, -0.1) is 0 Å². The summed E-state index contributed by atoms with van der Waals surface area (Å²) >= 11 is 0. The summed E-state index contributed by atoms with van der Waals surface area (Å²) in [6.07, 6.45) is 4.44. The molecule has 1 atom stereocenters. The molecule has 16 heavy (non-hydrogen) atoms. The van der Waals surface area contributed by atoms with Gasteiger partial charge in [0.15, 0.2) is 0 Å². The summed E-state index contributed by atoms with van der Waals surface area (Å²) in [5.41, 5.74) is 0.646. The summed E-state index contributed by atoms with van der Waals surface area (Å²) in [6.45, 7) is 0.953. The third kappa shape index (κ3) is 1.54. The molecule has 0 aromatic heterocycles. The fourth-order valence-electron chi connectivity index (χ4n) is 2.99. The summed E-state index contributed by atoms with van der Waals surface area (Å²) < 4.78 is 26.5. The molecule has 0 amide bonds. The SMILES string of the molecule is Fc1cc(F)cc(C2(C3CC3)CCCN2)c1. The quantitative estimate of drug-likeness (QED) is 0.812. The van der Waals surface area contributed by atoms with Gasteiger partial charge in [0.25, 0.3) is 0 Å². The summed E-state index contributed by atoms with van der Waals surface area (Å²) in [6, 6.07) is 3.92. The smallest absolute Gasteiger partial charge is 0.126 e. The molecule has 2 aliphatic rings. The zero-order chi connectivity index (χ0) is 11.2. The van der Waals surface area contributed by atoms with Crippen molar-refractivity contribution in [3.8, 4) is 0 Å². The Balaban J connectivity index is 2.05. The highest BCUT2D eigenvalue weighted by Gasteiger charge is 2.48. The predicted octanol–water partition coefficient (Wildman–Crippen LogP) is 2.95. The lowest BCUT2D eigenvalue weighted by Crippen LogP contribution is -2.39. The van der Waals surface area contributed by atoms with Crippen LogP contribution in [-0.4, -0.2) is 6.54 Å². The van der Waals surface area contributed by atoms with Crippen molar-refractivity contribution in [2.24, 2.45) is 5.92 Å². The number of halogens is 2. The highest BCUT2D eigenvalue weighted by molar-refractivity contribution is 5.30. The first kappa shape index (κ1) is 10.2. The van der Waals surface area contributed by atoms with E-state index in [1.54, 1.807) is 0 Å². The van der Waals surface area contributed by atoms with Crippen LogP contribution in [0.1, 0.15) is 31.2 Å². The van der Waals surface area contributed by atoms with Gasteiger partial charge in [0.1, 0.15) is 11.6 Å². The zero-order valence-electron chi connectivity index (χ0n) is 9.10. The molecule has 1 aliphatic heterocycles. The Bertz CT molecular complexity index is 386. The molecule has 1 aromatic rings. The highest BCUT2D eigenvalue weighted by atomic mass is 19.1. The molecule has 1 aliphatic carbocycles. The average molecular weight is 223 g/mol. The molecule has 1 nitrogen and oxygen atoms in total. The van der Waals surface area contributed by atoms with E-state index in [1.165, 1.54) is 25.0 Å². The molecule has 0 bridgehead atoms. The van der Waals surface area contributed by atoms with Crippen LogP contribution in [0.25, 0.3) is 0 Å². The Morgan fingerprint density at radius 3 is 2.31 bits per heavy atom. The van der Waals surface area contributed by atoms with E-state index in [9.17, 15) is 8.78 Å². The molecule has 1 heterocycles. The summed E-state index contributed by atoms with van der Waals surface area (Å²) in [5.74, 6) is -0.372. The van der Waals surface area contributed by atoms with Gasteiger partial charge in [0.05, 0.1) is 0 Å². The lowest BCUT2D eigenvalue weighted by Gasteiger charge is -2.30. The average Bonchev–Trinajstić information content (AvgIpc) is 2.96. The maximum Gasteiger partial charge on any atom is 0.126 e. The van der Waals surface area contributed by atoms with Crippen LogP contribution < -0.4 is 5.32 Å². The molecule has 1 N–H and O–H groups in total. The molecule has 3 rings (SSSR count). The lowest BCUT2D eigenvalue weighted by molar-refractivity contribution is 0.333. The molecule has 3 heteroatoms. The van der Waals surface area contributed by atoms with E-state index in [4.69, 9.17) is 0 Å². The minimum atomic E-state index is -0.469. The maximum atomic E-state index is 13.3. The molecule has 1 saturated heterocycles. The first-order chi connectivity index (χ1) is 7.71. The van der Waals surface area contributed by atoms with Crippen LogP contribution in [0.15, 0.2) is 18.2 Å². The van der Waals surface area contributed by atoms with Gasteiger partial charge in [-0.1, -0.05) is 0 Å². The van der Waals surface area contributed by atoms with Crippen molar-refractivity contribution in [3.63, 3.8) is 0 Å². The number of benzene rings is 1. The van der Waals surface area contributed by atoms with Gasteiger partial charge in [0.2, 0.25) is 0 Å². The molecular weight excluding hydrogens is 208 g/mol. The normalized spacial score (nSPS) is 29.6. The Labute approximate surface area is 93.9 Å². The molecular formula is C13H15F2N. The monoisotopic (exact) mass is 223 g/mol. The van der Waals surface area contributed by atoms with Crippen LogP contribution in [0.3, 0.4) is 0 Å². The van der Waals surface area contributed by atoms with Gasteiger partial charge in [-0.3, -0.25) is 0 Å². The fourth-order valence-corrected chi connectivity index (χ4v) is 2.99. The summed E-state index contributed by atoms with van der Waals surface area (Å²) in [5, 5.41) is 3.47. The fraction of sp³-hybridized carbons (Fsp3) is 0.538. The van der Waals surface area contributed by atoms with Crippen molar-refractivity contribution < 1.29 is 8.78 Å². The minimum absolute atomic E-state index is 0.150. The molecule has 1 saturated carbocycles. The second-order valence-electron chi connectivity index (χ2n) is 4.93. The van der Waals surface area contributed by atoms with Gasteiger partial charge in [-0.25, -0.2) is 8.78 Å². The maximum absolute atomic E-state index is 13.3. The van der Waals surface area contributed by atoms with E-state index in [0.717, 1.165) is 31.0 Å². The van der Waals surface area contributed by atoms with E-state index in [2.05, 4.69) is 5.32 Å². The minimum Gasteiger partial charge on any atom is -0.307 e. The van der Waals surface area contributed by atoms with Crippen molar-refractivity contribution in [3.05, 3.63) is 35.4 Å². The number of hydrogen-bond donors (Lipinski definition) is 1. The topological polar surface area (TPSA) is 12.0 Å². The van der Waals surface area contributed by atoms with Crippen LogP contribution in [0.5, 0.6) is 0 Å². The number of rotatable bonds is 2.